The van der Waals surface area contributed by atoms with Crippen LogP contribution in [0.25, 0.3) is 0 Å². The van der Waals surface area contributed by atoms with E-state index >= 15 is 0 Å². The largest absolute Gasteiger partial charge is 0.367 e. The molecule has 1 aromatic rings. The Morgan fingerprint density at radius 2 is 0.929 bits per heavy atom. The molecule has 0 fully saturated rings. The van der Waals surface area contributed by atoms with Gasteiger partial charge in [-0.1, -0.05) is 0 Å². The summed E-state index contributed by atoms with van der Waals surface area (Å²) >= 11 is 0.785. The second-order valence-electron chi connectivity index (χ2n) is 1.89. The second kappa shape index (κ2) is 5.98. The molecule has 0 atom stereocenters. The van der Waals surface area contributed by atoms with Crippen LogP contribution >= 0.6 is 45.2 Å². The third-order valence-electron chi connectivity index (χ3n) is 0.799. The molecule has 2 nitrogen and oxygen atoms in total. The summed E-state index contributed by atoms with van der Waals surface area (Å²) < 4.78 is 38.0. The van der Waals surface area contributed by atoms with E-state index in [1.165, 1.54) is 0 Å². The van der Waals surface area contributed by atoms with Crippen LogP contribution in [-0.4, -0.2) is 17.8 Å². The Labute approximate surface area is 105 Å². The maximum atomic E-state index is 11.5. The summed E-state index contributed by atoms with van der Waals surface area (Å²) in [5, 5.41) is 0. The first kappa shape index (κ1) is 14.3. The highest BCUT2D eigenvalue weighted by Gasteiger charge is 2.51. The quantitative estimate of drug-likeness (QED) is 0.385. The van der Waals surface area contributed by atoms with Crippen molar-refractivity contribution in [2.24, 2.45) is 0 Å². The molecule has 0 saturated heterocycles. The molecule has 1 aromatic heterocycles. The lowest BCUT2D eigenvalue weighted by Crippen LogP contribution is -2.27. The van der Waals surface area contributed by atoms with Gasteiger partial charge in [0.15, 0.2) is 0 Å². The fourth-order valence-electron chi connectivity index (χ4n) is 0.253. The van der Waals surface area contributed by atoms with E-state index in [-0.39, 0.29) is 0 Å². The highest BCUT2D eigenvalue weighted by Crippen LogP contribution is 2.44. The standard InChI is InChI=1S/C4H4N2.C2F4I2/c1-2-6-4-3-5-1;3-1(4,7)2(5,6)8/h1-4H;. The molecule has 0 amide bonds. The third kappa shape index (κ3) is 6.68. The van der Waals surface area contributed by atoms with Crippen LogP contribution in [0.5, 0.6) is 0 Å². The normalized spacial score (nSPS) is 11.6. The van der Waals surface area contributed by atoms with Gasteiger partial charge in [-0.15, -0.1) is 0 Å². The smallest absolute Gasteiger partial charge is 0.262 e. The first-order valence-electron chi connectivity index (χ1n) is 3.08. The van der Waals surface area contributed by atoms with Crippen molar-refractivity contribution < 1.29 is 17.6 Å². The number of rotatable bonds is 1. The van der Waals surface area contributed by atoms with Gasteiger partial charge < -0.3 is 0 Å². The average Bonchev–Trinajstić information content (AvgIpc) is 2.05. The fourth-order valence-corrected chi connectivity index (χ4v) is 0.253. The van der Waals surface area contributed by atoms with Gasteiger partial charge in [0.2, 0.25) is 0 Å². The minimum Gasteiger partial charge on any atom is -0.262 e. The van der Waals surface area contributed by atoms with E-state index in [4.69, 9.17) is 0 Å². The number of hydrogen-bond acceptors (Lipinski definition) is 2. The van der Waals surface area contributed by atoms with Gasteiger partial charge in [-0.2, -0.15) is 17.6 Å². The molecule has 14 heavy (non-hydrogen) atoms. The van der Waals surface area contributed by atoms with Crippen molar-refractivity contribution in [3.63, 3.8) is 0 Å². The zero-order valence-corrected chi connectivity index (χ0v) is 10.8. The third-order valence-corrected chi connectivity index (χ3v) is 3.19. The molecule has 0 radical (unpaired) electrons. The number of alkyl halides is 6. The maximum absolute atomic E-state index is 11.5. The zero-order chi connectivity index (χ0) is 11.2. The second-order valence-corrected chi connectivity index (χ2v) is 4.60. The van der Waals surface area contributed by atoms with E-state index in [9.17, 15) is 17.6 Å². The van der Waals surface area contributed by atoms with Crippen molar-refractivity contribution in [1.82, 2.24) is 9.97 Å². The zero-order valence-electron chi connectivity index (χ0n) is 6.47. The SMILES string of the molecule is FC(F)(I)C(F)(F)I.c1cnccn1. The Morgan fingerprint density at radius 3 is 1.00 bits per heavy atom. The van der Waals surface area contributed by atoms with Crippen molar-refractivity contribution in [3.8, 4) is 0 Å². The van der Waals surface area contributed by atoms with Crippen LogP contribution in [0.3, 0.4) is 0 Å². The van der Waals surface area contributed by atoms with Crippen molar-refractivity contribution in [3.05, 3.63) is 24.8 Å². The molecule has 0 unspecified atom stereocenters. The van der Waals surface area contributed by atoms with Gasteiger partial charge in [0.25, 0.3) is 0 Å². The van der Waals surface area contributed by atoms with Crippen LogP contribution < -0.4 is 0 Å². The summed E-state index contributed by atoms with van der Waals surface area (Å²) in [5.41, 5.74) is 0. The van der Waals surface area contributed by atoms with Crippen molar-refractivity contribution in [2.75, 3.05) is 0 Å². The number of nitrogens with zero attached hydrogens (tertiary/aromatic N) is 2. The number of aromatic nitrogens is 2. The van der Waals surface area contributed by atoms with Gasteiger partial charge in [0.1, 0.15) is 0 Å². The summed E-state index contributed by atoms with van der Waals surface area (Å²) in [6.45, 7) is 0. The first-order valence-corrected chi connectivity index (χ1v) is 5.24. The first-order chi connectivity index (χ1) is 6.25. The Kier molecular flexibility index (Phi) is 6.09. The summed E-state index contributed by atoms with van der Waals surface area (Å²) in [5.74, 6) is 0. The average molecular weight is 434 g/mol. The molecular weight excluding hydrogens is 430 g/mol. The minimum absolute atomic E-state index is 0.393. The van der Waals surface area contributed by atoms with Gasteiger partial charge in [0.05, 0.1) is 0 Å². The topological polar surface area (TPSA) is 25.8 Å². The maximum Gasteiger partial charge on any atom is 0.367 e. The minimum atomic E-state index is -3.94. The molecule has 0 saturated carbocycles. The Balaban J connectivity index is 0.000000249. The lowest BCUT2D eigenvalue weighted by atomic mass is 10.8. The summed E-state index contributed by atoms with van der Waals surface area (Å²) in [4.78, 5) is 7.44. The van der Waals surface area contributed by atoms with Crippen molar-refractivity contribution in [2.45, 2.75) is 7.86 Å². The number of halogens is 6. The molecule has 1 rings (SSSR count). The molecule has 0 aromatic carbocycles. The van der Waals surface area contributed by atoms with Crippen molar-refractivity contribution in [1.29, 1.82) is 0 Å². The molecular formula is C6H4F4I2N2. The molecule has 80 valence electrons. The number of hydrogen-bond donors (Lipinski definition) is 0. The van der Waals surface area contributed by atoms with E-state index in [0.29, 0.717) is 45.2 Å². The predicted molar refractivity (Wildman–Crippen MR) is 60.0 cm³/mol. The van der Waals surface area contributed by atoms with E-state index in [2.05, 4.69) is 9.97 Å². The lowest BCUT2D eigenvalue weighted by Gasteiger charge is -2.13. The highest BCUT2D eigenvalue weighted by molar-refractivity contribution is 14.1. The molecule has 8 heteroatoms. The molecule has 0 aliphatic carbocycles. The van der Waals surface area contributed by atoms with Gasteiger partial charge in [-0.25, -0.2) is 0 Å². The molecule has 0 spiro atoms. The highest BCUT2D eigenvalue weighted by atomic mass is 127. The van der Waals surface area contributed by atoms with Crippen LogP contribution in [0, 0.1) is 0 Å². The molecule has 0 bridgehead atoms. The van der Waals surface area contributed by atoms with Crippen molar-refractivity contribution >= 4 is 45.2 Å². The van der Waals surface area contributed by atoms with E-state index < -0.39 is 7.86 Å². The Morgan fingerprint density at radius 1 is 0.714 bits per heavy atom. The van der Waals surface area contributed by atoms with Crippen LogP contribution in [0.15, 0.2) is 24.8 Å². The summed E-state index contributed by atoms with van der Waals surface area (Å²) in [6.07, 6.45) is 6.56. The van der Waals surface area contributed by atoms with E-state index in [1.54, 1.807) is 24.8 Å². The summed E-state index contributed by atoms with van der Waals surface area (Å²) in [7, 11) is 0. The molecule has 0 N–H and O–H groups in total. The Hall–Kier alpha value is 0.260. The van der Waals surface area contributed by atoms with Gasteiger partial charge in [-0.3, -0.25) is 9.97 Å². The lowest BCUT2D eigenvalue weighted by molar-refractivity contribution is -0.0561. The predicted octanol–water partition coefficient (Wildman–Crippen LogP) is 3.52. The van der Waals surface area contributed by atoms with Gasteiger partial charge in [0, 0.05) is 70.0 Å². The molecule has 0 aliphatic rings. The summed E-state index contributed by atoms with van der Waals surface area (Å²) in [6, 6.07) is 0. The van der Waals surface area contributed by atoms with E-state index in [1.807, 2.05) is 0 Å². The fraction of sp³-hybridized carbons (Fsp3) is 0.333. The van der Waals surface area contributed by atoms with Crippen LogP contribution in [-0.2, 0) is 0 Å². The van der Waals surface area contributed by atoms with Crippen LogP contribution in [0.4, 0.5) is 17.6 Å². The monoisotopic (exact) mass is 434 g/mol. The molecule has 1 heterocycles. The molecule has 0 aliphatic heterocycles. The Bertz CT molecular complexity index is 208. The van der Waals surface area contributed by atoms with Gasteiger partial charge in [-0.05, 0) is 0 Å². The van der Waals surface area contributed by atoms with E-state index in [0.717, 1.165) is 0 Å². The van der Waals surface area contributed by atoms with Crippen LogP contribution in [0.2, 0.25) is 0 Å². The van der Waals surface area contributed by atoms with Crippen LogP contribution in [0.1, 0.15) is 0 Å². The van der Waals surface area contributed by atoms with Gasteiger partial charge >= 0.3 is 7.86 Å².